The Morgan fingerprint density at radius 3 is 2.31 bits per heavy atom. The number of amides is 2. The van der Waals surface area contributed by atoms with Gasteiger partial charge >= 0.3 is 0 Å². The van der Waals surface area contributed by atoms with Crippen LogP contribution in [0.15, 0.2) is 78.9 Å². The van der Waals surface area contributed by atoms with Crippen LogP contribution in [0.25, 0.3) is 0 Å². The molecule has 0 saturated carbocycles. The fraction of sp³-hybridized carbons (Fsp3) is 0.231. The Balaban J connectivity index is 1.35. The number of hydrogen-bond donors (Lipinski definition) is 1. The normalized spacial score (nSPS) is 14.1. The van der Waals surface area contributed by atoms with E-state index in [9.17, 15) is 9.59 Å². The van der Waals surface area contributed by atoms with Crippen molar-refractivity contribution in [3.8, 4) is 5.75 Å². The number of nitrogens with one attached hydrogen (secondary N) is 1. The Bertz CT molecular complexity index is 1080. The predicted molar refractivity (Wildman–Crippen MR) is 125 cm³/mol. The van der Waals surface area contributed by atoms with Gasteiger partial charge < -0.3 is 15.0 Å². The van der Waals surface area contributed by atoms with Crippen LogP contribution < -0.4 is 10.1 Å². The van der Waals surface area contributed by atoms with E-state index in [1.807, 2.05) is 59.5 Å². The summed E-state index contributed by atoms with van der Waals surface area (Å²) in [4.78, 5) is 27.4. The number of para-hydroxylation sites is 1. The maximum Gasteiger partial charge on any atom is 0.257 e. The van der Waals surface area contributed by atoms with Crippen molar-refractivity contribution in [2.45, 2.75) is 25.5 Å². The predicted octanol–water partition coefficient (Wildman–Crippen LogP) is 4.95. The molecule has 32 heavy (non-hydrogen) atoms. The summed E-state index contributed by atoms with van der Waals surface area (Å²) in [5.41, 5.74) is 2.05. The van der Waals surface area contributed by atoms with E-state index >= 15 is 0 Å². The Labute approximate surface area is 193 Å². The fourth-order valence-electron chi connectivity index (χ4n) is 3.80. The Morgan fingerprint density at radius 2 is 1.56 bits per heavy atom. The van der Waals surface area contributed by atoms with Crippen LogP contribution in [0, 0.1) is 0 Å². The second-order valence-corrected chi connectivity index (χ2v) is 8.19. The summed E-state index contributed by atoms with van der Waals surface area (Å²) in [6, 6.07) is 24.0. The zero-order valence-electron chi connectivity index (χ0n) is 17.7. The zero-order chi connectivity index (χ0) is 22.3. The molecule has 0 aromatic heterocycles. The molecule has 1 aliphatic rings. The molecule has 2 amide bonds. The number of carbonyl (C=O) groups excluding carboxylic acids is 2. The van der Waals surface area contributed by atoms with E-state index < -0.39 is 0 Å². The molecule has 1 fully saturated rings. The van der Waals surface area contributed by atoms with Crippen LogP contribution in [0.5, 0.6) is 5.75 Å². The largest absolute Gasteiger partial charge is 0.488 e. The Kier molecular flexibility index (Phi) is 7.07. The summed E-state index contributed by atoms with van der Waals surface area (Å²) in [6.45, 7) is 1.45. The third-order valence-electron chi connectivity index (χ3n) is 5.61. The summed E-state index contributed by atoms with van der Waals surface area (Å²) in [5, 5.41) is 3.71. The van der Waals surface area contributed by atoms with E-state index in [1.165, 1.54) is 0 Å². The molecule has 0 aliphatic carbocycles. The highest BCUT2D eigenvalue weighted by Gasteiger charge is 2.26. The monoisotopic (exact) mass is 448 g/mol. The number of piperidine rings is 1. The van der Waals surface area contributed by atoms with Gasteiger partial charge in [0.05, 0.1) is 5.56 Å². The first kappa shape index (κ1) is 21.9. The summed E-state index contributed by atoms with van der Waals surface area (Å²) >= 11 is 6.22. The van der Waals surface area contributed by atoms with Gasteiger partial charge in [-0.2, -0.15) is 0 Å². The van der Waals surface area contributed by atoms with E-state index in [0.29, 0.717) is 47.8 Å². The smallest absolute Gasteiger partial charge is 0.257 e. The van der Waals surface area contributed by atoms with Gasteiger partial charge in [-0.1, -0.05) is 60.1 Å². The Morgan fingerprint density at radius 1 is 0.906 bits per heavy atom. The van der Waals surface area contributed by atoms with Crippen LogP contribution in [0.1, 0.15) is 39.1 Å². The highest BCUT2D eigenvalue weighted by atomic mass is 35.5. The van der Waals surface area contributed by atoms with Crippen LogP contribution in [0.3, 0.4) is 0 Å². The molecule has 5 nitrogen and oxygen atoms in total. The van der Waals surface area contributed by atoms with E-state index in [-0.39, 0.29) is 24.5 Å². The van der Waals surface area contributed by atoms with Crippen molar-refractivity contribution >= 4 is 23.4 Å². The van der Waals surface area contributed by atoms with Gasteiger partial charge in [-0.25, -0.2) is 0 Å². The number of rotatable bonds is 6. The second-order valence-electron chi connectivity index (χ2n) is 7.78. The first-order chi connectivity index (χ1) is 15.6. The number of benzene rings is 3. The van der Waals surface area contributed by atoms with Crippen LogP contribution in [-0.4, -0.2) is 35.8 Å². The van der Waals surface area contributed by atoms with Crippen molar-refractivity contribution in [1.82, 2.24) is 10.2 Å². The first-order valence-electron chi connectivity index (χ1n) is 10.7. The molecule has 1 N–H and O–H groups in total. The van der Waals surface area contributed by atoms with E-state index in [4.69, 9.17) is 16.3 Å². The third kappa shape index (κ3) is 5.29. The van der Waals surface area contributed by atoms with Gasteiger partial charge in [0, 0.05) is 35.3 Å². The number of likely N-dealkylation sites (tertiary alicyclic amines) is 1. The zero-order valence-corrected chi connectivity index (χ0v) is 18.4. The minimum absolute atomic E-state index is 0.0541. The maximum atomic E-state index is 13.2. The molecular formula is C26H25ClN2O3. The lowest BCUT2D eigenvalue weighted by molar-refractivity contribution is 0.0693. The summed E-state index contributed by atoms with van der Waals surface area (Å²) in [7, 11) is 0. The van der Waals surface area contributed by atoms with Gasteiger partial charge in [0.15, 0.2) is 0 Å². The lowest BCUT2D eigenvalue weighted by Gasteiger charge is -2.32. The van der Waals surface area contributed by atoms with Crippen LogP contribution >= 0.6 is 11.6 Å². The molecular weight excluding hydrogens is 424 g/mol. The molecule has 1 saturated heterocycles. The molecule has 3 aromatic carbocycles. The van der Waals surface area contributed by atoms with Gasteiger partial charge in [-0.3, -0.25) is 9.59 Å². The lowest BCUT2D eigenvalue weighted by atomic mass is 10.0. The minimum Gasteiger partial charge on any atom is -0.488 e. The summed E-state index contributed by atoms with van der Waals surface area (Å²) in [6.07, 6.45) is 1.43. The third-order valence-corrected chi connectivity index (χ3v) is 5.98. The van der Waals surface area contributed by atoms with E-state index in [1.54, 1.807) is 24.3 Å². The van der Waals surface area contributed by atoms with Crippen LogP contribution in [-0.2, 0) is 6.61 Å². The average Bonchev–Trinajstić information content (AvgIpc) is 2.84. The number of carbonyl (C=O) groups is 2. The topological polar surface area (TPSA) is 58.6 Å². The fourth-order valence-corrected chi connectivity index (χ4v) is 3.99. The molecule has 0 radical (unpaired) electrons. The molecule has 6 heteroatoms. The molecule has 1 aliphatic heterocycles. The van der Waals surface area contributed by atoms with Gasteiger partial charge in [-0.05, 0) is 43.2 Å². The van der Waals surface area contributed by atoms with Crippen molar-refractivity contribution in [3.05, 3.63) is 101 Å². The molecule has 0 bridgehead atoms. The van der Waals surface area contributed by atoms with Gasteiger partial charge in [0.25, 0.3) is 11.8 Å². The Hall–Kier alpha value is -3.31. The average molecular weight is 449 g/mol. The van der Waals surface area contributed by atoms with Crippen molar-refractivity contribution in [1.29, 1.82) is 0 Å². The minimum atomic E-state index is -0.0753. The van der Waals surface area contributed by atoms with Crippen molar-refractivity contribution in [2.24, 2.45) is 0 Å². The van der Waals surface area contributed by atoms with Crippen LogP contribution in [0.2, 0.25) is 5.02 Å². The molecule has 164 valence electrons. The molecule has 3 aromatic rings. The number of hydrogen-bond acceptors (Lipinski definition) is 3. The lowest BCUT2D eigenvalue weighted by Crippen LogP contribution is -2.46. The SMILES string of the molecule is O=C(NC1CCN(C(=O)c2ccccc2OCc2ccccc2Cl)CC1)c1ccccc1. The summed E-state index contributed by atoms with van der Waals surface area (Å²) in [5.74, 6) is 0.401. The highest BCUT2D eigenvalue weighted by molar-refractivity contribution is 6.31. The van der Waals surface area contributed by atoms with Crippen LogP contribution in [0.4, 0.5) is 0 Å². The molecule has 0 atom stereocenters. The molecule has 0 unspecified atom stereocenters. The first-order valence-corrected chi connectivity index (χ1v) is 11.1. The van der Waals surface area contributed by atoms with Crippen molar-refractivity contribution < 1.29 is 14.3 Å². The number of ether oxygens (including phenoxy) is 1. The van der Waals surface area contributed by atoms with Crippen molar-refractivity contribution in [2.75, 3.05) is 13.1 Å². The standard InChI is InChI=1S/C26H25ClN2O3/c27-23-12-6-4-10-20(23)18-32-24-13-7-5-11-22(24)26(31)29-16-14-21(15-17-29)28-25(30)19-8-2-1-3-9-19/h1-13,21H,14-18H2,(H,28,30). The highest BCUT2D eigenvalue weighted by Crippen LogP contribution is 2.24. The van der Waals surface area contributed by atoms with E-state index in [0.717, 1.165) is 5.56 Å². The second kappa shape index (κ2) is 10.3. The van der Waals surface area contributed by atoms with Gasteiger partial charge in [-0.15, -0.1) is 0 Å². The molecule has 1 heterocycles. The van der Waals surface area contributed by atoms with Gasteiger partial charge in [0.1, 0.15) is 12.4 Å². The quantitative estimate of drug-likeness (QED) is 0.580. The van der Waals surface area contributed by atoms with E-state index in [2.05, 4.69) is 5.32 Å². The number of halogens is 1. The maximum absolute atomic E-state index is 13.2. The molecule has 0 spiro atoms. The van der Waals surface area contributed by atoms with Gasteiger partial charge in [0.2, 0.25) is 0 Å². The van der Waals surface area contributed by atoms with Crippen molar-refractivity contribution in [3.63, 3.8) is 0 Å². The number of nitrogens with zero attached hydrogens (tertiary/aromatic N) is 1. The molecule has 4 rings (SSSR count). The summed E-state index contributed by atoms with van der Waals surface area (Å²) < 4.78 is 5.95.